The molecular weight excluding hydrogens is 487 g/mol. The molecule has 8 nitrogen and oxygen atoms in total. The number of hydrogen-bond acceptors (Lipinski definition) is 8. The van der Waals surface area contributed by atoms with E-state index < -0.39 is 0 Å². The highest BCUT2D eigenvalue weighted by Crippen LogP contribution is 2.28. The number of benzene rings is 2. The quantitative estimate of drug-likeness (QED) is 0.453. The largest absolute Gasteiger partial charge is 0.395 e. The van der Waals surface area contributed by atoms with Gasteiger partial charge in [-0.05, 0) is 62.2 Å². The van der Waals surface area contributed by atoms with Crippen molar-refractivity contribution < 1.29 is 9.90 Å². The molecule has 4 rings (SSSR count). The topological polar surface area (TPSA) is 94.5 Å². The fourth-order valence-corrected chi connectivity index (χ4v) is 4.48. The van der Waals surface area contributed by atoms with Gasteiger partial charge in [0.25, 0.3) is 0 Å². The van der Waals surface area contributed by atoms with Gasteiger partial charge in [0.05, 0.1) is 16.7 Å². The summed E-state index contributed by atoms with van der Waals surface area (Å²) in [6.45, 7) is 9.83. The van der Waals surface area contributed by atoms with Gasteiger partial charge in [-0.2, -0.15) is 15.0 Å². The van der Waals surface area contributed by atoms with Crippen molar-refractivity contribution in [3.8, 4) is 0 Å². The molecule has 1 aliphatic rings. The number of β-amino-alcohol motifs (C(OH)–C–C–N with tert-alkyl or cyclic N) is 1. The van der Waals surface area contributed by atoms with E-state index in [1.165, 1.54) is 0 Å². The number of nitrogens with zero attached hydrogens (tertiary/aromatic N) is 5. The summed E-state index contributed by atoms with van der Waals surface area (Å²) >= 11 is 12.1. The van der Waals surface area contributed by atoms with Crippen LogP contribution >= 0.6 is 23.2 Å². The maximum absolute atomic E-state index is 13.0. The highest BCUT2D eigenvalue weighted by molar-refractivity contribution is 6.42. The van der Waals surface area contributed by atoms with Gasteiger partial charge in [-0.25, -0.2) is 0 Å². The lowest BCUT2D eigenvalue weighted by molar-refractivity contribution is 0.103. The molecule has 0 aliphatic carbocycles. The predicted molar refractivity (Wildman–Crippen MR) is 139 cm³/mol. The number of ketones is 1. The molecule has 1 fully saturated rings. The molecule has 0 amide bonds. The van der Waals surface area contributed by atoms with Crippen molar-refractivity contribution in [2.24, 2.45) is 0 Å². The number of aliphatic hydroxyl groups excluding tert-OH is 1. The summed E-state index contributed by atoms with van der Waals surface area (Å²) in [7, 11) is 0. The predicted octanol–water partition coefficient (Wildman–Crippen LogP) is 4.19. The molecule has 2 heterocycles. The Morgan fingerprint density at radius 2 is 1.63 bits per heavy atom. The second-order valence-corrected chi connectivity index (χ2v) is 9.44. The zero-order valence-electron chi connectivity index (χ0n) is 20.0. The third-order valence-electron chi connectivity index (χ3n) is 6.02. The summed E-state index contributed by atoms with van der Waals surface area (Å²) < 4.78 is 0. The highest BCUT2D eigenvalue weighted by Gasteiger charge is 2.20. The number of nitrogens with one attached hydrogen (secondary N) is 1. The first kappa shape index (κ1) is 25.3. The van der Waals surface area contributed by atoms with Gasteiger partial charge in [0, 0.05) is 49.5 Å². The summed E-state index contributed by atoms with van der Waals surface area (Å²) in [5, 5.41) is 13.2. The standard InChI is InChI=1S/C25H28Cl2N6O2/c1-15-12-19(23(35)18-4-5-20(26)21(27)14-18)13-16(2)22(15)30-24-28-17(3)29-25(31-24)33-8-6-32(7-9-33)10-11-34/h4-5,12-14,34H,6-11H2,1-3H3,(H,28,29,30,31). The Balaban J connectivity index is 1.54. The lowest BCUT2D eigenvalue weighted by atomic mass is 9.98. The molecule has 1 saturated heterocycles. The van der Waals surface area contributed by atoms with E-state index in [1.54, 1.807) is 18.2 Å². The van der Waals surface area contributed by atoms with Crippen LogP contribution in [0.5, 0.6) is 0 Å². The number of carbonyl (C=O) groups excluding carboxylic acids is 1. The number of rotatable bonds is 7. The van der Waals surface area contributed by atoms with Gasteiger partial charge >= 0.3 is 0 Å². The number of carbonyl (C=O) groups is 1. The first-order valence-electron chi connectivity index (χ1n) is 11.4. The first-order valence-corrected chi connectivity index (χ1v) is 12.2. The second kappa shape index (κ2) is 10.9. The van der Waals surface area contributed by atoms with E-state index in [0.717, 1.165) is 43.0 Å². The molecule has 1 aliphatic heterocycles. The summed E-state index contributed by atoms with van der Waals surface area (Å²) in [4.78, 5) is 31.1. The Morgan fingerprint density at radius 3 is 2.26 bits per heavy atom. The average molecular weight is 515 g/mol. The molecule has 2 N–H and O–H groups in total. The molecule has 0 unspecified atom stereocenters. The summed E-state index contributed by atoms with van der Waals surface area (Å²) in [6.07, 6.45) is 0. The molecule has 0 spiro atoms. The summed E-state index contributed by atoms with van der Waals surface area (Å²) in [5.41, 5.74) is 3.68. The molecule has 0 radical (unpaired) electrons. The lowest BCUT2D eigenvalue weighted by Crippen LogP contribution is -2.47. The number of aliphatic hydroxyl groups is 1. The second-order valence-electron chi connectivity index (χ2n) is 8.63. The van der Waals surface area contributed by atoms with Crippen molar-refractivity contribution in [1.29, 1.82) is 0 Å². The smallest absolute Gasteiger partial charge is 0.232 e. The Bertz CT molecular complexity index is 1220. The lowest BCUT2D eigenvalue weighted by Gasteiger charge is -2.34. The molecule has 10 heteroatoms. The minimum Gasteiger partial charge on any atom is -0.395 e. The van der Waals surface area contributed by atoms with E-state index in [1.807, 2.05) is 32.9 Å². The van der Waals surface area contributed by atoms with Crippen molar-refractivity contribution in [3.63, 3.8) is 0 Å². The van der Waals surface area contributed by atoms with Gasteiger partial charge in [-0.15, -0.1) is 0 Å². The third kappa shape index (κ3) is 5.90. The van der Waals surface area contributed by atoms with Crippen molar-refractivity contribution >= 4 is 46.6 Å². The summed E-state index contributed by atoms with van der Waals surface area (Å²) in [5.74, 6) is 1.59. The Hall–Kier alpha value is -2.78. The van der Waals surface area contributed by atoms with Crippen LogP contribution in [0.3, 0.4) is 0 Å². The maximum Gasteiger partial charge on any atom is 0.232 e. The van der Waals surface area contributed by atoms with Crippen LogP contribution in [0.4, 0.5) is 17.6 Å². The SMILES string of the molecule is Cc1nc(Nc2c(C)cc(C(=O)c3ccc(Cl)c(Cl)c3)cc2C)nc(N2CCN(CCO)CC2)n1. The number of hydrogen-bond donors (Lipinski definition) is 2. The minimum atomic E-state index is -0.125. The van der Waals surface area contributed by atoms with Crippen LogP contribution in [0.1, 0.15) is 32.9 Å². The monoisotopic (exact) mass is 514 g/mol. The molecule has 0 bridgehead atoms. The third-order valence-corrected chi connectivity index (χ3v) is 6.76. The molecule has 35 heavy (non-hydrogen) atoms. The van der Waals surface area contributed by atoms with Gasteiger partial charge < -0.3 is 15.3 Å². The molecule has 0 atom stereocenters. The first-order chi connectivity index (χ1) is 16.7. The number of anilines is 3. The molecule has 2 aromatic carbocycles. The molecule has 3 aromatic rings. The van der Waals surface area contributed by atoms with Crippen molar-refractivity contribution in [2.45, 2.75) is 20.8 Å². The van der Waals surface area contributed by atoms with Crippen LogP contribution in [-0.4, -0.2) is 70.1 Å². The van der Waals surface area contributed by atoms with Gasteiger partial charge in [-0.3, -0.25) is 9.69 Å². The molecule has 0 saturated carbocycles. The number of aromatic nitrogens is 3. The van der Waals surface area contributed by atoms with E-state index in [9.17, 15) is 4.79 Å². The Morgan fingerprint density at radius 1 is 0.943 bits per heavy atom. The van der Waals surface area contributed by atoms with Gasteiger partial charge in [0.15, 0.2) is 5.78 Å². The molecule has 1 aromatic heterocycles. The summed E-state index contributed by atoms with van der Waals surface area (Å²) in [6, 6.07) is 8.57. The van der Waals surface area contributed by atoms with Crippen LogP contribution in [0, 0.1) is 20.8 Å². The van der Waals surface area contributed by atoms with Gasteiger partial charge in [0.1, 0.15) is 5.82 Å². The number of halogens is 2. The normalized spacial score (nSPS) is 14.3. The van der Waals surface area contributed by atoms with Gasteiger partial charge in [0.2, 0.25) is 11.9 Å². The van der Waals surface area contributed by atoms with Crippen LogP contribution in [0.2, 0.25) is 10.0 Å². The highest BCUT2D eigenvalue weighted by atomic mass is 35.5. The zero-order chi connectivity index (χ0) is 25.1. The van der Waals surface area contributed by atoms with Crippen molar-refractivity contribution in [1.82, 2.24) is 19.9 Å². The fraction of sp³-hybridized carbons (Fsp3) is 0.360. The van der Waals surface area contributed by atoms with Crippen molar-refractivity contribution in [3.05, 3.63) is 68.5 Å². The van der Waals surface area contributed by atoms with Crippen LogP contribution < -0.4 is 10.2 Å². The van der Waals surface area contributed by atoms with Crippen LogP contribution in [0.15, 0.2) is 30.3 Å². The minimum absolute atomic E-state index is 0.125. The van der Waals surface area contributed by atoms with E-state index in [0.29, 0.717) is 45.4 Å². The molecular formula is C25H28Cl2N6O2. The zero-order valence-corrected chi connectivity index (χ0v) is 21.5. The van der Waals surface area contributed by atoms with Gasteiger partial charge in [-0.1, -0.05) is 23.2 Å². The number of aryl methyl sites for hydroxylation is 3. The van der Waals surface area contributed by atoms with Crippen LogP contribution in [0.25, 0.3) is 0 Å². The van der Waals surface area contributed by atoms with E-state index in [2.05, 4.69) is 30.1 Å². The average Bonchev–Trinajstić information content (AvgIpc) is 2.83. The Kier molecular flexibility index (Phi) is 7.86. The van der Waals surface area contributed by atoms with Crippen LogP contribution in [-0.2, 0) is 0 Å². The van der Waals surface area contributed by atoms with E-state index in [4.69, 9.17) is 28.3 Å². The molecule has 184 valence electrons. The number of piperazine rings is 1. The fourth-order valence-electron chi connectivity index (χ4n) is 4.19. The Labute approximate surface area is 214 Å². The van der Waals surface area contributed by atoms with E-state index in [-0.39, 0.29) is 12.4 Å². The maximum atomic E-state index is 13.0. The van der Waals surface area contributed by atoms with Crippen molar-refractivity contribution in [2.75, 3.05) is 49.5 Å². The van der Waals surface area contributed by atoms with E-state index >= 15 is 0 Å².